The highest BCUT2D eigenvalue weighted by molar-refractivity contribution is 7.47. The van der Waals surface area contributed by atoms with E-state index in [-0.39, 0.29) is 25.7 Å². The number of carbonyl (C=O) groups excluding carboxylic acids is 4. The molecule has 0 fully saturated rings. The summed E-state index contributed by atoms with van der Waals surface area (Å²) in [5.41, 5.74) is 0. The summed E-state index contributed by atoms with van der Waals surface area (Å²) in [6.07, 6.45) is 70.9. The predicted octanol–water partition coefficient (Wildman–Crippen LogP) is 26.6. The maximum Gasteiger partial charge on any atom is 0.472 e. The number of hydrogen-bond acceptors (Lipinski definition) is 15. The number of rotatable bonds is 86. The maximum atomic E-state index is 13.2. The predicted molar refractivity (Wildman–Crippen MR) is 437 cm³/mol. The lowest BCUT2D eigenvalue weighted by atomic mass is 9.99. The van der Waals surface area contributed by atoms with Gasteiger partial charge in [0.2, 0.25) is 0 Å². The molecule has 0 aliphatic carbocycles. The zero-order chi connectivity index (χ0) is 77.8. The first-order chi connectivity index (χ1) is 51.4. The maximum absolute atomic E-state index is 13.2. The molecule has 7 atom stereocenters. The number of phosphoric acid groups is 2. The summed E-state index contributed by atoms with van der Waals surface area (Å²) in [4.78, 5) is 73.1. The Balaban J connectivity index is 5.17. The molecule has 0 radical (unpaired) electrons. The van der Waals surface area contributed by atoms with Crippen molar-refractivity contribution in [2.45, 2.75) is 484 Å². The zero-order valence-corrected chi connectivity index (χ0v) is 71.5. The number of phosphoric ester groups is 2. The minimum Gasteiger partial charge on any atom is -0.462 e. The van der Waals surface area contributed by atoms with Crippen molar-refractivity contribution in [2.24, 2.45) is 11.8 Å². The van der Waals surface area contributed by atoms with E-state index in [1.54, 1.807) is 0 Å². The molecule has 0 aromatic rings. The average molecular weight is 1550 g/mol. The van der Waals surface area contributed by atoms with Gasteiger partial charge in [-0.05, 0) is 37.5 Å². The van der Waals surface area contributed by atoms with E-state index in [9.17, 15) is 43.2 Å². The van der Waals surface area contributed by atoms with Gasteiger partial charge in [-0.15, -0.1) is 0 Å². The van der Waals surface area contributed by atoms with E-state index in [0.717, 1.165) is 108 Å². The Morgan fingerprint density at radius 3 is 0.670 bits per heavy atom. The van der Waals surface area contributed by atoms with Crippen molar-refractivity contribution < 1.29 is 80.2 Å². The second-order valence-corrected chi connectivity index (χ2v) is 34.7. The molecule has 0 saturated carbocycles. The van der Waals surface area contributed by atoms with Crippen molar-refractivity contribution in [1.29, 1.82) is 0 Å². The Kier molecular flexibility index (Phi) is 76.9. The summed E-state index contributed by atoms with van der Waals surface area (Å²) < 4.78 is 68.8. The molecule has 0 heterocycles. The van der Waals surface area contributed by atoms with Gasteiger partial charge in [0, 0.05) is 25.7 Å². The second-order valence-electron chi connectivity index (χ2n) is 31.8. The smallest absolute Gasteiger partial charge is 0.462 e. The lowest BCUT2D eigenvalue weighted by Crippen LogP contribution is -2.30. The topological polar surface area (TPSA) is 237 Å². The number of aliphatic hydroxyl groups is 1. The largest absolute Gasteiger partial charge is 0.472 e. The van der Waals surface area contributed by atoms with E-state index in [2.05, 4.69) is 41.5 Å². The van der Waals surface area contributed by atoms with Crippen LogP contribution >= 0.6 is 15.6 Å². The first kappa shape index (κ1) is 104. The van der Waals surface area contributed by atoms with Gasteiger partial charge in [0.15, 0.2) is 12.2 Å². The third-order valence-corrected chi connectivity index (χ3v) is 23.1. The Morgan fingerprint density at radius 2 is 0.453 bits per heavy atom. The zero-order valence-electron chi connectivity index (χ0n) is 69.7. The molecule has 0 aliphatic heterocycles. The fourth-order valence-electron chi connectivity index (χ4n) is 13.5. The standard InChI is InChI=1S/C87H170O17P2/c1-7-11-13-15-17-19-20-21-36-42-47-53-59-65-71-86(91)103-82(75-97-84(89)69-63-57-51-18-16-14-12-8-2)77-101-105(93,94)99-73-81(88)74-100-106(95,96)102-78-83(104-87(92)72-66-60-54-48-43-38-33-29-25-23-27-31-35-40-45-50-56-62-68-80(6)10-4)76-98-85(90)70-64-58-52-46-41-37-32-28-24-22-26-30-34-39-44-49-55-61-67-79(5)9-3/h79-83,88H,7-78H2,1-6H3,(H,93,94)(H,95,96)/t79?,80?,81-,82+,83+/m0/s1. The molecule has 0 amide bonds. The Morgan fingerprint density at radius 1 is 0.264 bits per heavy atom. The summed E-state index contributed by atoms with van der Waals surface area (Å²) in [7, 11) is -9.92. The average Bonchev–Trinajstić information content (AvgIpc) is 0.906. The van der Waals surface area contributed by atoms with Gasteiger partial charge in [-0.2, -0.15) is 0 Å². The minimum absolute atomic E-state index is 0.108. The molecule has 0 aliphatic rings. The van der Waals surface area contributed by atoms with Gasteiger partial charge in [-0.1, -0.05) is 414 Å². The third kappa shape index (κ3) is 77.4. The van der Waals surface area contributed by atoms with Crippen LogP contribution in [0.3, 0.4) is 0 Å². The quantitative estimate of drug-likeness (QED) is 0.0222. The first-order valence-corrected chi connectivity index (χ1v) is 48.1. The number of unbranched alkanes of at least 4 members (excludes halogenated alkanes) is 54. The van der Waals surface area contributed by atoms with Gasteiger partial charge in [-0.25, -0.2) is 9.13 Å². The van der Waals surface area contributed by atoms with Crippen LogP contribution in [-0.4, -0.2) is 96.7 Å². The molecule has 17 nitrogen and oxygen atoms in total. The highest BCUT2D eigenvalue weighted by Crippen LogP contribution is 2.45. The van der Waals surface area contributed by atoms with Crippen LogP contribution in [0.4, 0.5) is 0 Å². The second kappa shape index (κ2) is 78.3. The first-order valence-electron chi connectivity index (χ1n) is 45.1. The molecule has 3 N–H and O–H groups in total. The van der Waals surface area contributed by atoms with Crippen LogP contribution in [0.1, 0.15) is 465 Å². The summed E-state index contributed by atoms with van der Waals surface area (Å²) in [5.74, 6) is -0.359. The molecule has 0 bridgehead atoms. The number of esters is 4. The molecule has 19 heteroatoms. The van der Waals surface area contributed by atoms with E-state index < -0.39 is 97.5 Å². The third-order valence-electron chi connectivity index (χ3n) is 21.2. The van der Waals surface area contributed by atoms with E-state index >= 15 is 0 Å². The van der Waals surface area contributed by atoms with Gasteiger partial charge in [-0.3, -0.25) is 37.3 Å². The van der Waals surface area contributed by atoms with E-state index in [0.29, 0.717) is 25.7 Å². The van der Waals surface area contributed by atoms with Gasteiger partial charge < -0.3 is 33.8 Å². The molecule has 106 heavy (non-hydrogen) atoms. The van der Waals surface area contributed by atoms with Gasteiger partial charge >= 0.3 is 39.5 Å². The summed E-state index contributed by atoms with van der Waals surface area (Å²) in [5, 5.41) is 10.7. The molecule has 0 aromatic carbocycles. The van der Waals surface area contributed by atoms with E-state index in [4.69, 9.17) is 37.0 Å². The van der Waals surface area contributed by atoms with Crippen molar-refractivity contribution in [2.75, 3.05) is 39.6 Å². The molecular weight excluding hydrogens is 1380 g/mol. The van der Waals surface area contributed by atoms with Crippen molar-refractivity contribution >= 4 is 39.5 Å². The molecular formula is C87H170O17P2. The Bertz CT molecular complexity index is 2030. The molecule has 0 spiro atoms. The van der Waals surface area contributed by atoms with Crippen LogP contribution in [-0.2, 0) is 65.4 Å². The number of aliphatic hydroxyl groups excluding tert-OH is 1. The van der Waals surface area contributed by atoms with Gasteiger partial charge in [0.1, 0.15) is 19.3 Å². The van der Waals surface area contributed by atoms with Crippen molar-refractivity contribution in [3.05, 3.63) is 0 Å². The number of hydrogen-bond donors (Lipinski definition) is 3. The normalized spacial score (nSPS) is 14.3. The highest BCUT2D eigenvalue weighted by Gasteiger charge is 2.30. The van der Waals surface area contributed by atoms with Gasteiger partial charge in [0.05, 0.1) is 26.4 Å². The van der Waals surface area contributed by atoms with E-state index in [1.807, 2.05) is 0 Å². The molecule has 630 valence electrons. The van der Waals surface area contributed by atoms with Crippen LogP contribution in [0.5, 0.6) is 0 Å². The highest BCUT2D eigenvalue weighted by atomic mass is 31.2. The van der Waals surface area contributed by atoms with Crippen LogP contribution in [0.15, 0.2) is 0 Å². The van der Waals surface area contributed by atoms with Crippen LogP contribution < -0.4 is 0 Å². The lowest BCUT2D eigenvalue weighted by Gasteiger charge is -2.21. The summed E-state index contributed by atoms with van der Waals surface area (Å²) in [6, 6.07) is 0. The fraction of sp³-hybridized carbons (Fsp3) is 0.954. The molecule has 0 rings (SSSR count). The van der Waals surface area contributed by atoms with Crippen LogP contribution in [0, 0.1) is 11.8 Å². The van der Waals surface area contributed by atoms with Crippen molar-refractivity contribution in [3.8, 4) is 0 Å². The van der Waals surface area contributed by atoms with Crippen LogP contribution in [0.25, 0.3) is 0 Å². The van der Waals surface area contributed by atoms with Crippen molar-refractivity contribution in [1.82, 2.24) is 0 Å². The SMILES string of the molecule is CCCCCCCCCCCCCCCCC(=O)O[C@H](COC(=O)CCCCCCCCCC)COP(=O)(O)OC[C@H](O)COP(=O)(O)OC[C@@H](COC(=O)CCCCCCCCCCCCCCCCCCCCC(C)CC)OC(=O)CCCCCCCCCCCCCCCCCCCCC(C)CC. The molecule has 0 aromatic heterocycles. The van der Waals surface area contributed by atoms with E-state index in [1.165, 1.54) is 276 Å². The Labute approximate surface area is 651 Å². The summed E-state index contributed by atoms with van der Waals surface area (Å²) >= 11 is 0. The van der Waals surface area contributed by atoms with Gasteiger partial charge in [0.25, 0.3) is 0 Å². The monoisotopic (exact) mass is 1550 g/mol. The minimum atomic E-state index is -4.97. The number of ether oxygens (including phenoxy) is 4. The molecule has 4 unspecified atom stereocenters. The summed E-state index contributed by atoms with van der Waals surface area (Å²) in [6.45, 7) is 9.78. The molecule has 0 saturated heterocycles. The van der Waals surface area contributed by atoms with Crippen LogP contribution in [0.2, 0.25) is 0 Å². The lowest BCUT2D eigenvalue weighted by molar-refractivity contribution is -0.161. The number of carbonyl (C=O) groups is 4. The fourth-order valence-corrected chi connectivity index (χ4v) is 15.1. The van der Waals surface area contributed by atoms with Crippen molar-refractivity contribution in [3.63, 3.8) is 0 Å². The Hall–Kier alpha value is -1.94.